The Kier molecular flexibility index (Phi) is 6.47. The van der Waals surface area contributed by atoms with Crippen LogP contribution in [0.4, 0.5) is 11.4 Å². The van der Waals surface area contributed by atoms with Crippen LogP contribution in [0, 0.1) is 17.0 Å². The molecular formula is C20H15Cl2N3O7. The Bertz CT molecular complexity index is 1140. The van der Waals surface area contributed by atoms with Gasteiger partial charge in [-0.1, -0.05) is 29.3 Å². The van der Waals surface area contributed by atoms with Crippen LogP contribution in [0.3, 0.4) is 0 Å². The zero-order valence-corrected chi connectivity index (χ0v) is 18.2. The second-order valence-electron chi connectivity index (χ2n) is 6.90. The molecule has 1 aliphatic heterocycles. The van der Waals surface area contributed by atoms with Crippen molar-refractivity contribution >= 4 is 58.3 Å². The van der Waals surface area contributed by atoms with Gasteiger partial charge in [0.05, 0.1) is 26.1 Å². The van der Waals surface area contributed by atoms with E-state index < -0.39 is 41.3 Å². The first-order chi connectivity index (χ1) is 15.0. The molecule has 0 unspecified atom stereocenters. The number of nitrogens with one attached hydrogen (secondary N) is 1. The molecular weight excluding hydrogens is 465 g/mol. The first-order valence-electron chi connectivity index (χ1n) is 9.09. The Morgan fingerprint density at radius 1 is 1.12 bits per heavy atom. The van der Waals surface area contributed by atoms with E-state index in [4.69, 9.17) is 27.9 Å². The highest BCUT2D eigenvalue weighted by atomic mass is 35.5. The van der Waals surface area contributed by atoms with Crippen molar-refractivity contribution in [1.82, 2.24) is 4.90 Å². The second-order valence-corrected chi connectivity index (χ2v) is 7.72. The SMILES string of the molecule is Cc1ccc(NC(=O)COC(=O)[C@H](C)N2C(=O)c3cc(Cl)c(Cl)cc3C2=O)c([N+](=O)[O-])c1. The summed E-state index contributed by atoms with van der Waals surface area (Å²) in [6.45, 7) is 2.13. The van der Waals surface area contributed by atoms with Crippen molar-refractivity contribution in [2.75, 3.05) is 11.9 Å². The summed E-state index contributed by atoms with van der Waals surface area (Å²) in [5, 5.41) is 13.6. The topological polar surface area (TPSA) is 136 Å². The number of benzene rings is 2. The zero-order valence-electron chi connectivity index (χ0n) is 16.7. The van der Waals surface area contributed by atoms with E-state index in [9.17, 15) is 29.3 Å². The Morgan fingerprint density at radius 3 is 2.22 bits per heavy atom. The first kappa shape index (κ1) is 23.2. The number of esters is 1. The highest BCUT2D eigenvalue weighted by Crippen LogP contribution is 2.32. The van der Waals surface area contributed by atoms with Crippen molar-refractivity contribution in [3.63, 3.8) is 0 Å². The van der Waals surface area contributed by atoms with E-state index in [-0.39, 0.29) is 32.5 Å². The third-order valence-corrected chi connectivity index (χ3v) is 5.38. The van der Waals surface area contributed by atoms with Crippen LogP contribution in [-0.4, -0.2) is 46.2 Å². The van der Waals surface area contributed by atoms with Crippen molar-refractivity contribution < 1.29 is 28.8 Å². The first-order valence-corrected chi connectivity index (χ1v) is 9.85. The lowest BCUT2D eigenvalue weighted by Gasteiger charge is -2.20. The molecule has 1 aliphatic rings. The van der Waals surface area contributed by atoms with Crippen LogP contribution in [0.15, 0.2) is 30.3 Å². The van der Waals surface area contributed by atoms with Gasteiger partial charge in [0, 0.05) is 6.07 Å². The Labute approximate surface area is 191 Å². The minimum absolute atomic E-state index is 0.00604. The van der Waals surface area contributed by atoms with Gasteiger partial charge in [-0.3, -0.25) is 29.4 Å². The summed E-state index contributed by atoms with van der Waals surface area (Å²) < 4.78 is 4.90. The van der Waals surface area contributed by atoms with E-state index in [0.29, 0.717) is 10.5 Å². The van der Waals surface area contributed by atoms with Crippen molar-refractivity contribution in [3.05, 3.63) is 67.2 Å². The molecule has 0 fully saturated rings. The number of nitrogens with zero attached hydrogens (tertiary/aromatic N) is 2. The normalized spacial score (nSPS) is 13.6. The zero-order chi connectivity index (χ0) is 23.7. The minimum Gasteiger partial charge on any atom is -0.454 e. The lowest BCUT2D eigenvalue weighted by molar-refractivity contribution is -0.384. The lowest BCUT2D eigenvalue weighted by Crippen LogP contribution is -2.44. The molecule has 0 saturated carbocycles. The molecule has 0 radical (unpaired) electrons. The molecule has 32 heavy (non-hydrogen) atoms. The second kappa shape index (κ2) is 8.93. The highest BCUT2D eigenvalue weighted by Gasteiger charge is 2.42. The van der Waals surface area contributed by atoms with E-state index >= 15 is 0 Å². The number of carbonyl (C=O) groups is 4. The van der Waals surface area contributed by atoms with Crippen molar-refractivity contribution in [2.45, 2.75) is 19.9 Å². The molecule has 0 aromatic heterocycles. The van der Waals surface area contributed by atoms with E-state index in [0.717, 1.165) is 0 Å². The molecule has 0 bridgehead atoms. The maximum Gasteiger partial charge on any atom is 0.329 e. The van der Waals surface area contributed by atoms with Crippen molar-refractivity contribution in [3.8, 4) is 0 Å². The molecule has 0 aliphatic carbocycles. The molecule has 1 N–H and O–H groups in total. The average Bonchev–Trinajstić information content (AvgIpc) is 2.96. The average molecular weight is 480 g/mol. The maximum atomic E-state index is 12.6. The fourth-order valence-electron chi connectivity index (χ4n) is 3.05. The molecule has 1 atom stereocenters. The number of halogens is 2. The monoisotopic (exact) mass is 479 g/mol. The van der Waals surface area contributed by atoms with Gasteiger partial charge in [-0.25, -0.2) is 4.79 Å². The summed E-state index contributed by atoms with van der Waals surface area (Å²) in [5.74, 6) is -3.37. The smallest absolute Gasteiger partial charge is 0.329 e. The van der Waals surface area contributed by atoms with Gasteiger partial charge in [-0.05, 0) is 37.6 Å². The summed E-state index contributed by atoms with van der Waals surface area (Å²) in [4.78, 5) is 60.8. The molecule has 0 spiro atoms. The predicted molar refractivity (Wildman–Crippen MR) is 114 cm³/mol. The van der Waals surface area contributed by atoms with Gasteiger partial charge in [0.1, 0.15) is 11.7 Å². The van der Waals surface area contributed by atoms with Crippen LogP contribution in [0.2, 0.25) is 10.0 Å². The number of amides is 3. The molecule has 10 nitrogen and oxygen atoms in total. The Hall–Kier alpha value is -3.50. The van der Waals surface area contributed by atoms with Gasteiger partial charge in [0.15, 0.2) is 6.61 Å². The quantitative estimate of drug-likeness (QED) is 0.290. The molecule has 1 heterocycles. The van der Waals surface area contributed by atoms with Crippen LogP contribution < -0.4 is 5.32 Å². The standard InChI is InChI=1S/C20H15Cl2N3O7/c1-9-3-4-15(16(5-9)25(30)31)23-17(26)8-32-20(29)10(2)24-18(27)11-6-13(21)14(22)7-12(11)19(24)28/h3-7,10H,8H2,1-2H3,(H,23,26)/t10-/m0/s1. The van der Waals surface area contributed by atoms with E-state index in [1.54, 1.807) is 13.0 Å². The highest BCUT2D eigenvalue weighted by molar-refractivity contribution is 6.43. The Balaban J connectivity index is 1.66. The fourth-order valence-corrected chi connectivity index (χ4v) is 3.38. The number of nitro benzene ring substituents is 1. The molecule has 3 rings (SSSR count). The number of anilines is 1. The molecule has 166 valence electrons. The summed E-state index contributed by atoms with van der Waals surface area (Å²) in [5.41, 5.74) is 0.227. The van der Waals surface area contributed by atoms with Gasteiger partial charge >= 0.3 is 5.97 Å². The summed E-state index contributed by atoms with van der Waals surface area (Å²) in [6, 6.07) is 5.33. The maximum absolute atomic E-state index is 12.6. The van der Waals surface area contributed by atoms with Crippen LogP contribution in [0.1, 0.15) is 33.2 Å². The number of hydrogen-bond donors (Lipinski definition) is 1. The van der Waals surface area contributed by atoms with Crippen LogP contribution >= 0.6 is 23.2 Å². The van der Waals surface area contributed by atoms with Gasteiger partial charge in [-0.15, -0.1) is 0 Å². The van der Waals surface area contributed by atoms with Gasteiger partial charge in [0.25, 0.3) is 23.4 Å². The van der Waals surface area contributed by atoms with Gasteiger partial charge < -0.3 is 10.1 Å². The van der Waals surface area contributed by atoms with Crippen LogP contribution in [0.5, 0.6) is 0 Å². The molecule has 2 aromatic rings. The number of aryl methyl sites for hydroxylation is 1. The van der Waals surface area contributed by atoms with E-state index in [2.05, 4.69) is 5.32 Å². The fraction of sp³-hybridized carbons (Fsp3) is 0.200. The van der Waals surface area contributed by atoms with Crippen molar-refractivity contribution in [2.24, 2.45) is 0 Å². The number of imide groups is 1. The lowest BCUT2D eigenvalue weighted by atomic mass is 10.1. The van der Waals surface area contributed by atoms with Crippen molar-refractivity contribution in [1.29, 1.82) is 0 Å². The Morgan fingerprint density at radius 2 is 1.69 bits per heavy atom. The molecule has 2 aromatic carbocycles. The molecule has 3 amide bonds. The number of hydrogen-bond acceptors (Lipinski definition) is 7. The van der Waals surface area contributed by atoms with Gasteiger partial charge in [0.2, 0.25) is 0 Å². The number of nitro groups is 1. The minimum atomic E-state index is -1.35. The van der Waals surface area contributed by atoms with E-state index in [1.807, 2.05) is 0 Å². The third-order valence-electron chi connectivity index (χ3n) is 4.66. The van der Waals surface area contributed by atoms with Gasteiger partial charge in [-0.2, -0.15) is 0 Å². The van der Waals surface area contributed by atoms with Crippen LogP contribution in [0.25, 0.3) is 0 Å². The summed E-state index contributed by atoms with van der Waals surface area (Å²) in [7, 11) is 0. The third kappa shape index (κ3) is 4.41. The number of ether oxygens (including phenoxy) is 1. The number of fused-ring (bicyclic) bond motifs is 1. The molecule has 12 heteroatoms. The predicted octanol–water partition coefficient (Wildman–Crippen LogP) is 3.38. The molecule has 0 saturated heterocycles. The number of rotatable bonds is 6. The summed E-state index contributed by atoms with van der Waals surface area (Å²) >= 11 is 11.8. The number of carbonyl (C=O) groups excluding carboxylic acids is 4. The van der Waals surface area contributed by atoms with Crippen LogP contribution in [-0.2, 0) is 14.3 Å². The summed E-state index contributed by atoms with van der Waals surface area (Å²) in [6.07, 6.45) is 0. The largest absolute Gasteiger partial charge is 0.454 e. The van der Waals surface area contributed by atoms with E-state index in [1.165, 1.54) is 31.2 Å².